The van der Waals surface area contributed by atoms with Crippen molar-refractivity contribution in [3.63, 3.8) is 0 Å². The molecule has 5 heteroatoms. The molecular formula is C18H16O5. The van der Waals surface area contributed by atoms with E-state index in [1.807, 2.05) is 13.0 Å². The lowest BCUT2D eigenvalue weighted by atomic mass is 9.90. The number of hydrogen-bond donors (Lipinski definition) is 0. The highest BCUT2D eigenvalue weighted by Gasteiger charge is 2.30. The molecule has 0 atom stereocenters. The molecule has 0 amide bonds. The van der Waals surface area contributed by atoms with Gasteiger partial charge in [0, 0.05) is 11.1 Å². The summed E-state index contributed by atoms with van der Waals surface area (Å²) in [5, 5.41) is 0. The predicted molar refractivity (Wildman–Crippen MR) is 84.3 cm³/mol. The third-order valence-corrected chi connectivity index (χ3v) is 3.47. The lowest BCUT2D eigenvalue weighted by molar-refractivity contribution is -0.139. The highest BCUT2D eigenvalue weighted by atomic mass is 16.5. The first-order chi connectivity index (χ1) is 11.0. The average Bonchev–Trinajstić information content (AvgIpc) is 2.83. The Labute approximate surface area is 134 Å². The number of carbonyl (C=O) groups excluding carboxylic acids is 3. The molecule has 23 heavy (non-hydrogen) atoms. The van der Waals surface area contributed by atoms with Gasteiger partial charge in [0.2, 0.25) is 0 Å². The first-order valence-corrected chi connectivity index (χ1v) is 6.89. The van der Waals surface area contributed by atoms with Gasteiger partial charge in [-0.25, -0.2) is 9.59 Å². The van der Waals surface area contributed by atoms with Gasteiger partial charge in [-0.2, -0.15) is 0 Å². The van der Waals surface area contributed by atoms with E-state index in [9.17, 15) is 14.4 Å². The van der Waals surface area contributed by atoms with Gasteiger partial charge in [0.15, 0.2) is 6.29 Å². The fraction of sp³-hybridized carbons (Fsp3) is 0.167. The predicted octanol–water partition coefficient (Wildman–Crippen LogP) is 2.14. The SMILES string of the molecule is COC(=O)C1=CC=CC2=CC(C)=CC=C(C=O)C2=C1C(=O)OC. The number of esters is 2. The van der Waals surface area contributed by atoms with Crippen LogP contribution >= 0.6 is 0 Å². The monoisotopic (exact) mass is 312 g/mol. The molecule has 0 aromatic carbocycles. The number of methoxy groups -OCH3 is 2. The molecule has 0 saturated carbocycles. The Morgan fingerprint density at radius 2 is 1.74 bits per heavy atom. The second-order valence-corrected chi connectivity index (χ2v) is 4.92. The van der Waals surface area contributed by atoms with Crippen LogP contribution in [0.1, 0.15) is 6.92 Å². The summed E-state index contributed by atoms with van der Waals surface area (Å²) in [5.74, 6) is -1.39. The number of ether oxygens (including phenoxy) is 2. The van der Waals surface area contributed by atoms with Crippen LogP contribution in [0.4, 0.5) is 0 Å². The second kappa shape index (κ2) is 6.87. The van der Waals surface area contributed by atoms with E-state index in [1.165, 1.54) is 20.3 Å². The minimum absolute atomic E-state index is 0.0112. The Morgan fingerprint density at radius 1 is 1.04 bits per heavy atom. The average molecular weight is 312 g/mol. The summed E-state index contributed by atoms with van der Waals surface area (Å²) >= 11 is 0. The van der Waals surface area contributed by atoms with Gasteiger partial charge < -0.3 is 9.47 Å². The van der Waals surface area contributed by atoms with E-state index in [2.05, 4.69) is 0 Å². The van der Waals surface area contributed by atoms with Gasteiger partial charge >= 0.3 is 11.9 Å². The smallest absolute Gasteiger partial charge is 0.339 e. The van der Waals surface area contributed by atoms with E-state index in [1.54, 1.807) is 24.3 Å². The lowest BCUT2D eigenvalue weighted by Crippen LogP contribution is -2.18. The van der Waals surface area contributed by atoms with Crippen LogP contribution in [0.15, 0.2) is 69.9 Å². The van der Waals surface area contributed by atoms with Crippen molar-refractivity contribution in [3.8, 4) is 0 Å². The molecule has 0 unspecified atom stereocenters. The van der Waals surface area contributed by atoms with E-state index < -0.39 is 11.9 Å². The highest BCUT2D eigenvalue weighted by Crippen LogP contribution is 2.33. The van der Waals surface area contributed by atoms with E-state index in [-0.39, 0.29) is 16.7 Å². The minimum Gasteiger partial charge on any atom is -0.465 e. The Bertz CT molecular complexity index is 754. The zero-order chi connectivity index (χ0) is 17.0. The summed E-state index contributed by atoms with van der Waals surface area (Å²) in [5.41, 5.74) is 2.24. The quantitative estimate of drug-likeness (QED) is 0.590. The second-order valence-electron chi connectivity index (χ2n) is 4.92. The van der Waals surface area contributed by atoms with Crippen LogP contribution in [0.25, 0.3) is 0 Å². The van der Waals surface area contributed by atoms with Crippen LogP contribution in [-0.4, -0.2) is 32.4 Å². The van der Waals surface area contributed by atoms with Crippen molar-refractivity contribution >= 4 is 18.2 Å². The van der Waals surface area contributed by atoms with Gasteiger partial charge in [-0.3, -0.25) is 4.79 Å². The van der Waals surface area contributed by atoms with Crippen molar-refractivity contribution in [1.29, 1.82) is 0 Å². The molecule has 0 aliphatic heterocycles. The molecule has 0 heterocycles. The number of rotatable bonds is 3. The topological polar surface area (TPSA) is 69.7 Å². The number of carbonyl (C=O) groups is 3. The summed E-state index contributed by atoms with van der Waals surface area (Å²) in [4.78, 5) is 35.9. The standard InChI is InChI=1S/C18H16O5/c1-11-7-8-13(10-19)15-12(9-11)5-4-6-14(17(20)22-2)16(15)18(21)23-3/h4-10H,1-3H3. The van der Waals surface area contributed by atoms with Crippen LogP contribution in [-0.2, 0) is 23.9 Å². The summed E-state index contributed by atoms with van der Waals surface area (Å²) in [6, 6.07) is 0. The van der Waals surface area contributed by atoms with Gasteiger partial charge in [0.25, 0.3) is 0 Å². The highest BCUT2D eigenvalue weighted by molar-refractivity contribution is 6.10. The number of fused-ring (bicyclic) bond motifs is 1. The van der Waals surface area contributed by atoms with Gasteiger partial charge in [-0.1, -0.05) is 36.0 Å². The van der Waals surface area contributed by atoms with E-state index in [0.29, 0.717) is 17.4 Å². The fourth-order valence-corrected chi connectivity index (χ4v) is 2.42. The van der Waals surface area contributed by atoms with Crippen LogP contribution in [0, 0.1) is 0 Å². The molecule has 0 bridgehead atoms. The maximum absolute atomic E-state index is 12.3. The molecule has 5 nitrogen and oxygen atoms in total. The fourth-order valence-electron chi connectivity index (χ4n) is 2.42. The number of aldehydes is 1. The zero-order valence-corrected chi connectivity index (χ0v) is 13.1. The molecule has 2 rings (SSSR count). The minimum atomic E-state index is -0.710. The van der Waals surface area contributed by atoms with Crippen molar-refractivity contribution in [2.24, 2.45) is 0 Å². The van der Waals surface area contributed by atoms with Crippen molar-refractivity contribution < 1.29 is 23.9 Å². The Hall–Kier alpha value is -2.95. The van der Waals surface area contributed by atoms with Crippen LogP contribution in [0.3, 0.4) is 0 Å². The van der Waals surface area contributed by atoms with Gasteiger partial charge in [-0.05, 0) is 18.6 Å². The number of allylic oxidation sites excluding steroid dienone is 10. The van der Waals surface area contributed by atoms with Crippen LogP contribution in [0.2, 0.25) is 0 Å². The molecule has 2 aliphatic carbocycles. The van der Waals surface area contributed by atoms with Crippen molar-refractivity contribution in [2.45, 2.75) is 6.92 Å². The normalized spacial score (nSPS) is 16.8. The van der Waals surface area contributed by atoms with E-state index in [4.69, 9.17) is 9.47 Å². The molecule has 0 aromatic rings. The Morgan fingerprint density at radius 3 is 2.35 bits per heavy atom. The summed E-state index contributed by atoms with van der Waals surface area (Å²) in [6.07, 6.45) is 10.7. The van der Waals surface area contributed by atoms with E-state index >= 15 is 0 Å². The first-order valence-electron chi connectivity index (χ1n) is 6.89. The molecule has 0 radical (unpaired) electrons. The Balaban J connectivity index is 2.85. The molecule has 0 N–H and O–H groups in total. The summed E-state index contributed by atoms with van der Waals surface area (Å²) < 4.78 is 9.57. The van der Waals surface area contributed by atoms with Crippen LogP contribution in [0.5, 0.6) is 0 Å². The molecule has 0 saturated heterocycles. The maximum Gasteiger partial charge on any atom is 0.339 e. The summed E-state index contributed by atoms with van der Waals surface area (Å²) in [7, 11) is 2.44. The third-order valence-electron chi connectivity index (χ3n) is 3.47. The van der Waals surface area contributed by atoms with Crippen molar-refractivity contribution in [1.82, 2.24) is 0 Å². The van der Waals surface area contributed by atoms with E-state index in [0.717, 1.165) is 5.57 Å². The molecular weight excluding hydrogens is 296 g/mol. The molecule has 118 valence electrons. The zero-order valence-electron chi connectivity index (χ0n) is 13.1. The first kappa shape index (κ1) is 16.4. The van der Waals surface area contributed by atoms with Gasteiger partial charge in [-0.15, -0.1) is 0 Å². The lowest BCUT2D eigenvalue weighted by Gasteiger charge is -2.14. The molecule has 2 aliphatic rings. The molecule has 0 spiro atoms. The molecule has 0 fully saturated rings. The van der Waals surface area contributed by atoms with Crippen molar-refractivity contribution in [2.75, 3.05) is 14.2 Å². The third kappa shape index (κ3) is 3.13. The Kier molecular flexibility index (Phi) is 4.91. The van der Waals surface area contributed by atoms with Gasteiger partial charge in [0.1, 0.15) is 0 Å². The number of hydrogen-bond acceptors (Lipinski definition) is 5. The van der Waals surface area contributed by atoms with Crippen molar-refractivity contribution in [3.05, 3.63) is 69.9 Å². The molecule has 0 aromatic heterocycles. The largest absolute Gasteiger partial charge is 0.465 e. The maximum atomic E-state index is 12.3. The summed E-state index contributed by atoms with van der Waals surface area (Å²) in [6.45, 7) is 1.88. The van der Waals surface area contributed by atoms with Crippen LogP contribution < -0.4 is 0 Å². The van der Waals surface area contributed by atoms with Gasteiger partial charge in [0.05, 0.1) is 25.4 Å².